The molecule has 3 aromatic rings. The van der Waals surface area contributed by atoms with Crippen molar-refractivity contribution in [2.24, 2.45) is 0 Å². The average Bonchev–Trinajstić information content (AvgIpc) is 3.41. The lowest BCUT2D eigenvalue weighted by Crippen LogP contribution is -2.23. The molecule has 0 aromatic carbocycles. The van der Waals surface area contributed by atoms with E-state index in [2.05, 4.69) is 9.97 Å². The van der Waals surface area contributed by atoms with E-state index < -0.39 is 11.5 Å². The SMILES string of the molecule is Cc1c(-c2cnc(N)nc2)ccn2c(=O)c(C(=O)O)cc(C3CC3)c12. The molecule has 1 fully saturated rings. The second-order valence-electron chi connectivity index (χ2n) is 6.30. The summed E-state index contributed by atoms with van der Waals surface area (Å²) in [5.41, 5.74) is 9.10. The lowest BCUT2D eigenvalue weighted by Gasteiger charge is -2.15. The van der Waals surface area contributed by atoms with E-state index in [1.165, 1.54) is 10.5 Å². The van der Waals surface area contributed by atoms with Gasteiger partial charge in [0.15, 0.2) is 0 Å². The minimum atomic E-state index is -1.20. The van der Waals surface area contributed by atoms with Gasteiger partial charge >= 0.3 is 5.97 Å². The van der Waals surface area contributed by atoms with Crippen molar-refractivity contribution in [1.82, 2.24) is 14.4 Å². The van der Waals surface area contributed by atoms with Crippen LogP contribution in [0.25, 0.3) is 16.6 Å². The summed E-state index contributed by atoms with van der Waals surface area (Å²) in [5.74, 6) is -0.705. The molecule has 1 saturated carbocycles. The summed E-state index contributed by atoms with van der Waals surface area (Å²) in [5, 5.41) is 9.34. The van der Waals surface area contributed by atoms with Crippen molar-refractivity contribution in [2.75, 3.05) is 5.73 Å². The molecule has 0 aliphatic heterocycles. The fourth-order valence-electron chi connectivity index (χ4n) is 3.25. The molecule has 0 unspecified atom stereocenters. The Hall–Kier alpha value is -3.22. The van der Waals surface area contributed by atoms with Crippen LogP contribution in [0.2, 0.25) is 0 Å². The van der Waals surface area contributed by atoms with Crippen molar-refractivity contribution in [3.05, 3.63) is 57.8 Å². The maximum Gasteiger partial charge on any atom is 0.341 e. The van der Waals surface area contributed by atoms with Gasteiger partial charge in [-0.2, -0.15) is 0 Å². The first-order valence-electron chi connectivity index (χ1n) is 7.97. The number of carbonyl (C=O) groups is 1. The van der Waals surface area contributed by atoms with Crippen molar-refractivity contribution in [2.45, 2.75) is 25.7 Å². The number of aromatic nitrogens is 3. The number of hydrogen-bond acceptors (Lipinski definition) is 5. The van der Waals surface area contributed by atoms with Gasteiger partial charge < -0.3 is 10.8 Å². The van der Waals surface area contributed by atoms with Crippen molar-refractivity contribution in [3.63, 3.8) is 0 Å². The van der Waals surface area contributed by atoms with Crippen LogP contribution < -0.4 is 11.3 Å². The number of carboxylic acids is 1. The topological polar surface area (TPSA) is 111 Å². The number of carboxylic acid groups (broad SMARTS) is 1. The van der Waals surface area contributed by atoms with E-state index in [1.807, 2.05) is 6.92 Å². The zero-order valence-electron chi connectivity index (χ0n) is 13.6. The Morgan fingerprint density at radius 3 is 2.60 bits per heavy atom. The number of fused-ring (bicyclic) bond motifs is 1. The highest BCUT2D eigenvalue weighted by molar-refractivity contribution is 5.89. The quantitative estimate of drug-likeness (QED) is 0.759. The summed E-state index contributed by atoms with van der Waals surface area (Å²) >= 11 is 0. The minimum Gasteiger partial charge on any atom is -0.477 e. The first kappa shape index (κ1) is 15.3. The van der Waals surface area contributed by atoms with Crippen LogP contribution in [0.3, 0.4) is 0 Å². The third kappa shape index (κ3) is 2.44. The lowest BCUT2D eigenvalue weighted by molar-refractivity contribution is 0.0694. The summed E-state index contributed by atoms with van der Waals surface area (Å²) in [6.07, 6.45) is 6.90. The Labute approximate surface area is 142 Å². The van der Waals surface area contributed by atoms with Gasteiger partial charge in [-0.05, 0) is 54.5 Å². The second-order valence-corrected chi connectivity index (χ2v) is 6.30. The molecule has 7 nitrogen and oxygen atoms in total. The highest BCUT2D eigenvalue weighted by Crippen LogP contribution is 2.43. The molecule has 3 aromatic heterocycles. The highest BCUT2D eigenvalue weighted by atomic mass is 16.4. The number of aryl methyl sites for hydroxylation is 1. The van der Waals surface area contributed by atoms with Crippen LogP contribution in [0.1, 0.15) is 40.2 Å². The molecule has 126 valence electrons. The third-order valence-corrected chi connectivity index (χ3v) is 4.64. The predicted molar refractivity (Wildman–Crippen MR) is 92.8 cm³/mol. The van der Waals surface area contributed by atoms with Crippen molar-refractivity contribution >= 4 is 17.4 Å². The van der Waals surface area contributed by atoms with E-state index >= 15 is 0 Å². The van der Waals surface area contributed by atoms with E-state index in [4.69, 9.17) is 5.73 Å². The van der Waals surface area contributed by atoms with Crippen LogP contribution in [0.4, 0.5) is 5.95 Å². The summed E-state index contributed by atoms with van der Waals surface area (Å²) < 4.78 is 1.44. The number of nitrogens with zero attached hydrogens (tertiary/aromatic N) is 3. The van der Waals surface area contributed by atoms with Gasteiger partial charge in [-0.15, -0.1) is 0 Å². The zero-order valence-corrected chi connectivity index (χ0v) is 13.6. The molecule has 3 heterocycles. The van der Waals surface area contributed by atoms with Gasteiger partial charge in [-0.25, -0.2) is 14.8 Å². The molecule has 1 aliphatic rings. The Morgan fingerprint density at radius 1 is 1.32 bits per heavy atom. The van der Waals surface area contributed by atoms with Gasteiger partial charge in [0.2, 0.25) is 5.95 Å². The Morgan fingerprint density at radius 2 is 2.00 bits per heavy atom. The minimum absolute atomic E-state index is 0.192. The second kappa shape index (κ2) is 5.41. The maximum atomic E-state index is 12.6. The van der Waals surface area contributed by atoms with Crippen LogP contribution in [0, 0.1) is 6.92 Å². The van der Waals surface area contributed by atoms with Crippen LogP contribution in [0.5, 0.6) is 0 Å². The fraction of sp³-hybridized carbons (Fsp3) is 0.222. The Balaban J connectivity index is 2.05. The summed E-state index contributed by atoms with van der Waals surface area (Å²) in [6.45, 7) is 1.92. The number of aromatic carboxylic acids is 1. The molecule has 0 bridgehead atoms. The number of pyridine rings is 2. The molecular formula is C18H16N4O3. The third-order valence-electron chi connectivity index (χ3n) is 4.64. The zero-order chi connectivity index (χ0) is 17.7. The molecule has 0 atom stereocenters. The van der Waals surface area contributed by atoms with Gasteiger partial charge in [0.25, 0.3) is 5.56 Å². The van der Waals surface area contributed by atoms with E-state index in [9.17, 15) is 14.7 Å². The predicted octanol–water partition coefficient (Wildman–Crippen LogP) is 2.22. The lowest BCUT2D eigenvalue weighted by atomic mass is 9.98. The number of rotatable bonds is 3. The van der Waals surface area contributed by atoms with Gasteiger partial charge in [0, 0.05) is 24.2 Å². The number of nitrogens with two attached hydrogens (primary N) is 1. The largest absolute Gasteiger partial charge is 0.477 e. The van der Waals surface area contributed by atoms with E-state index in [0.29, 0.717) is 5.92 Å². The first-order chi connectivity index (χ1) is 12.0. The highest BCUT2D eigenvalue weighted by Gasteiger charge is 2.29. The van der Waals surface area contributed by atoms with Crippen molar-refractivity contribution < 1.29 is 9.90 Å². The molecule has 3 N–H and O–H groups in total. The van der Waals surface area contributed by atoms with Gasteiger partial charge in [-0.3, -0.25) is 9.20 Å². The van der Waals surface area contributed by atoms with Crippen LogP contribution in [0.15, 0.2) is 35.5 Å². The molecule has 4 rings (SSSR count). The standard InChI is InChI=1S/C18H16N4O3/c1-9-12(11-7-20-18(19)21-8-11)4-5-22-15(9)13(10-2-3-10)6-14(16(22)23)17(24)25/h4-8,10H,2-3H2,1H3,(H,24,25)(H2,19,20,21). The number of nitrogen functional groups attached to an aromatic ring is 1. The van der Waals surface area contributed by atoms with Gasteiger partial charge in [0.05, 0.1) is 5.52 Å². The summed E-state index contributed by atoms with van der Waals surface area (Å²) in [7, 11) is 0. The molecule has 25 heavy (non-hydrogen) atoms. The normalized spacial score (nSPS) is 14.0. The van der Waals surface area contributed by atoms with Crippen LogP contribution >= 0.6 is 0 Å². The van der Waals surface area contributed by atoms with Gasteiger partial charge in [0.1, 0.15) is 5.56 Å². The monoisotopic (exact) mass is 336 g/mol. The maximum absolute atomic E-state index is 12.6. The molecular weight excluding hydrogens is 320 g/mol. The molecule has 1 aliphatic carbocycles. The Kier molecular flexibility index (Phi) is 3.31. The van der Waals surface area contributed by atoms with Crippen LogP contribution in [-0.2, 0) is 0 Å². The Bertz CT molecular complexity index is 1070. The summed E-state index contributed by atoms with van der Waals surface area (Å²) in [4.78, 5) is 32.0. The number of anilines is 1. The number of hydrogen-bond donors (Lipinski definition) is 2. The van der Waals surface area contributed by atoms with E-state index in [0.717, 1.165) is 40.6 Å². The fourth-order valence-corrected chi connectivity index (χ4v) is 3.25. The first-order valence-corrected chi connectivity index (χ1v) is 7.97. The van der Waals surface area contributed by atoms with E-state index in [1.54, 1.807) is 24.7 Å². The molecule has 0 saturated heterocycles. The molecule has 7 heteroatoms. The molecule has 0 amide bonds. The van der Waals surface area contributed by atoms with Crippen LogP contribution in [-0.4, -0.2) is 25.4 Å². The van der Waals surface area contributed by atoms with Crippen molar-refractivity contribution in [1.29, 1.82) is 0 Å². The van der Waals surface area contributed by atoms with Crippen molar-refractivity contribution in [3.8, 4) is 11.1 Å². The average molecular weight is 336 g/mol. The molecule has 0 radical (unpaired) electrons. The van der Waals surface area contributed by atoms with Gasteiger partial charge in [-0.1, -0.05) is 0 Å². The van der Waals surface area contributed by atoms with E-state index in [-0.39, 0.29) is 11.5 Å². The molecule has 0 spiro atoms. The summed E-state index contributed by atoms with van der Waals surface area (Å²) in [6, 6.07) is 3.31. The smallest absolute Gasteiger partial charge is 0.341 e.